The van der Waals surface area contributed by atoms with Crippen molar-refractivity contribution in [2.24, 2.45) is 10.8 Å². The number of aliphatic carboxylic acids is 1. The Labute approximate surface area is 189 Å². The number of aromatic amines is 1. The van der Waals surface area contributed by atoms with Crippen molar-refractivity contribution in [3.05, 3.63) is 65.9 Å². The Morgan fingerprint density at radius 3 is 2.72 bits per heavy atom. The van der Waals surface area contributed by atoms with E-state index in [-0.39, 0.29) is 10.8 Å². The number of benzene rings is 2. The number of aromatic nitrogens is 1. The van der Waals surface area contributed by atoms with Crippen LogP contribution in [0.25, 0.3) is 10.9 Å². The summed E-state index contributed by atoms with van der Waals surface area (Å²) in [6.07, 6.45) is 5.15. The predicted octanol–water partition coefficient (Wildman–Crippen LogP) is 5.77. The van der Waals surface area contributed by atoms with Crippen molar-refractivity contribution in [2.45, 2.75) is 58.7 Å². The van der Waals surface area contributed by atoms with E-state index in [0.717, 1.165) is 53.6 Å². The molecule has 1 saturated heterocycles. The molecule has 1 aliphatic heterocycles. The molecule has 1 aromatic heterocycles. The Balaban J connectivity index is 1.42. The summed E-state index contributed by atoms with van der Waals surface area (Å²) in [4.78, 5) is 18.1. The number of ether oxygens (including phenoxy) is 1. The Hall–Kier alpha value is -2.79. The summed E-state index contributed by atoms with van der Waals surface area (Å²) in [5.41, 5.74) is 3.30. The van der Waals surface area contributed by atoms with Gasteiger partial charge in [0.05, 0.1) is 0 Å². The van der Waals surface area contributed by atoms with E-state index in [1.165, 1.54) is 0 Å². The Morgan fingerprint density at radius 2 is 1.97 bits per heavy atom. The summed E-state index contributed by atoms with van der Waals surface area (Å²) in [5.74, 6) is -0.00261. The maximum absolute atomic E-state index is 12.5. The van der Waals surface area contributed by atoms with Crippen LogP contribution >= 0.6 is 0 Å². The fourth-order valence-electron chi connectivity index (χ4n) is 6.44. The lowest BCUT2D eigenvalue weighted by atomic mass is 9.65. The number of fused-ring (bicyclic) bond motifs is 3. The van der Waals surface area contributed by atoms with E-state index >= 15 is 0 Å². The van der Waals surface area contributed by atoms with Crippen molar-refractivity contribution in [1.29, 1.82) is 0 Å². The number of nitrogens with one attached hydrogen (secondary N) is 1. The third kappa shape index (κ3) is 3.90. The first-order valence-corrected chi connectivity index (χ1v) is 11.5. The van der Waals surface area contributed by atoms with Gasteiger partial charge in [0, 0.05) is 41.3 Å². The van der Waals surface area contributed by atoms with Crippen LogP contribution in [0.5, 0.6) is 5.75 Å². The van der Waals surface area contributed by atoms with Crippen LogP contribution in [-0.2, 0) is 11.4 Å². The Bertz CT molecular complexity index is 1140. The minimum atomic E-state index is -0.774. The molecule has 1 aliphatic carbocycles. The zero-order valence-corrected chi connectivity index (χ0v) is 19.1. The van der Waals surface area contributed by atoms with E-state index in [1.54, 1.807) is 0 Å². The highest BCUT2D eigenvalue weighted by atomic mass is 16.5. The van der Waals surface area contributed by atoms with E-state index in [9.17, 15) is 9.90 Å². The van der Waals surface area contributed by atoms with E-state index < -0.39 is 12.0 Å². The van der Waals surface area contributed by atoms with Gasteiger partial charge in [-0.25, -0.2) is 0 Å². The zero-order valence-electron chi connectivity index (χ0n) is 19.1. The van der Waals surface area contributed by atoms with Crippen LogP contribution in [0, 0.1) is 10.8 Å². The second kappa shape index (κ2) is 7.66. The van der Waals surface area contributed by atoms with Crippen molar-refractivity contribution < 1.29 is 14.6 Å². The molecule has 2 aliphatic rings. The molecule has 5 rings (SSSR count). The molecule has 2 heterocycles. The van der Waals surface area contributed by atoms with Gasteiger partial charge in [0.25, 0.3) is 0 Å². The lowest BCUT2D eigenvalue weighted by Crippen LogP contribution is -2.39. The molecule has 0 amide bonds. The molecule has 5 nitrogen and oxygen atoms in total. The van der Waals surface area contributed by atoms with Crippen molar-refractivity contribution in [1.82, 2.24) is 9.88 Å². The molecule has 5 heteroatoms. The predicted molar refractivity (Wildman–Crippen MR) is 126 cm³/mol. The summed E-state index contributed by atoms with van der Waals surface area (Å²) in [6.45, 7) is 8.30. The lowest BCUT2D eigenvalue weighted by Gasteiger charge is -2.40. The highest BCUT2D eigenvalue weighted by molar-refractivity contribution is 5.90. The van der Waals surface area contributed by atoms with Gasteiger partial charge in [0.2, 0.25) is 0 Å². The highest BCUT2D eigenvalue weighted by Gasteiger charge is 2.52. The van der Waals surface area contributed by atoms with Gasteiger partial charge in [0.15, 0.2) is 0 Å². The van der Waals surface area contributed by atoms with Gasteiger partial charge >= 0.3 is 5.97 Å². The first kappa shape index (κ1) is 21.1. The van der Waals surface area contributed by atoms with E-state index in [1.807, 2.05) is 54.7 Å². The molecule has 32 heavy (non-hydrogen) atoms. The number of carboxylic acids is 1. The van der Waals surface area contributed by atoms with Crippen LogP contribution in [-0.4, -0.2) is 33.5 Å². The number of hydrogen-bond donors (Lipinski definition) is 2. The molecule has 2 fully saturated rings. The molecule has 2 bridgehead atoms. The summed E-state index contributed by atoms with van der Waals surface area (Å²) in [5, 5.41) is 11.2. The van der Waals surface area contributed by atoms with Gasteiger partial charge in [-0.3, -0.25) is 9.69 Å². The number of hydrogen-bond acceptors (Lipinski definition) is 3. The summed E-state index contributed by atoms with van der Waals surface area (Å²) >= 11 is 0. The number of carbonyl (C=O) groups is 1. The fraction of sp³-hybridized carbons (Fsp3) is 0.444. The van der Waals surface area contributed by atoms with E-state index in [4.69, 9.17) is 4.74 Å². The smallest absolute Gasteiger partial charge is 0.325 e. The number of carboxylic acid groups (broad SMARTS) is 1. The SMILES string of the molecule is CC1(C)C[C@@H]2C[C@](C)(CN2[C@H](C(=O)O)c2c[nH]c3cc(OCc4ccccc4)ccc23)C1. The Kier molecular flexibility index (Phi) is 5.05. The monoisotopic (exact) mass is 432 g/mol. The largest absolute Gasteiger partial charge is 0.489 e. The highest BCUT2D eigenvalue weighted by Crippen LogP contribution is 2.54. The fourth-order valence-corrected chi connectivity index (χ4v) is 6.44. The van der Waals surface area contributed by atoms with Gasteiger partial charge in [0.1, 0.15) is 18.4 Å². The van der Waals surface area contributed by atoms with E-state index in [0.29, 0.717) is 12.6 Å². The summed E-state index contributed by atoms with van der Waals surface area (Å²) in [6, 6.07) is 15.6. The first-order chi connectivity index (χ1) is 15.2. The summed E-state index contributed by atoms with van der Waals surface area (Å²) in [7, 11) is 0. The summed E-state index contributed by atoms with van der Waals surface area (Å²) < 4.78 is 5.96. The van der Waals surface area contributed by atoms with Gasteiger partial charge < -0.3 is 14.8 Å². The van der Waals surface area contributed by atoms with Crippen LogP contribution in [0.1, 0.15) is 57.2 Å². The maximum Gasteiger partial charge on any atom is 0.325 e. The number of rotatable bonds is 6. The van der Waals surface area contributed by atoms with Crippen LogP contribution in [0.3, 0.4) is 0 Å². The molecule has 3 atom stereocenters. The van der Waals surface area contributed by atoms with Crippen molar-refractivity contribution in [2.75, 3.05) is 6.54 Å². The third-order valence-electron chi connectivity index (χ3n) is 7.25. The van der Waals surface area contributed by atoms with Gasteiger partial charge in [-0.2, -0.15) is 0 Å². The second-order valence-corrected chi connectivity index (χ2v) is 10.9. The minimum absolute atomic E-state index is 0.185. The average molecular weight is 433 g/mol. The molecule has 168 valence electrons. The van der Waals surface area contributed by atoms with Gasteiger partial charge in [-0.05, 0) is 47.8 Å². The van der Waals surface area contributed by atoms with E-state index in [2.05, 4.69) is 30.7 Å². The Morgan fingerprint density at radius 1 is 1.19 bits per heavy atom. The zero-order chi connectivity index (χ0) is 22.5. The molecule has 0 radical (unpaired) electrons. The molecule has 2 N–H and O–H groups in total. The minimum Gasteiger partial charge on any atom is -0.489 e. The van der Waals surface area contributed by atoms with Crippen molar-refractivity contribution in [3.8, 4) is 5.75 Å². The molecule has 0 spiro atoms. The third-order valence-corrected chi connectivity index (χ3v) is 7.25. The van der Waals surface area contributed by atoms with Crippen molar-refractivity contribution >= 4 is 16.9 Å². The van der Waals surface area contributed by atoms with Crippen molar-refractivity contribution in [3.63, 3.8) is 0 Å². The second-order valence-electron chi connectivity index (χ2n) is 10.9. The molecular formula is C27H32N2O3. The van der Waals surface area contributed by atoms with Gasteiger partial charge in [-0.15, -0.1) is 0 Å². The average Bonchev–Trinajstić information content (AvgIpc) is 3.24. The van der Waals surface area contributed by atoms with Crippen LogP contribution in [0.15, 0.2) is 54.7 Å². The van der Waals surface area contributed by atoms with Crippen LogP contribution < -0.4 is 4.74 Å². The number of H-pyrrole nitrogens is 1. The first-order valence-electron chi connectivity index (χ1n) is 11.5. The molecule has 2 aromatic carbocycles. The standard InChI is InChI=1S/C27H32N2O3/c1-26(2)12-19-13-27(3,16-26)17-29(19)24(25(30)31)22-14-28-23-11-20(9-10-21(22)23)32-15-18-7-5-4-6-8-18/h4-11,14,19,24,28H,12-13,15-17H2,1-3H3,(H,30,31)/t19-,24+,27+/m1/s1. The molecule has 1 saturated carbocycles. The lowest BCUT2D eigenvalue weighted by molar-refractivity contribution is -0.144. The normalized spacial score (nSPS) is 25.7. The topological polar surface area (TPSA) is 65.6 Å². The number of likely N-dealkylation sites (tertiary alicyclic amines) is 1. The quantitative estimate of drug-likeness (QED) is 0.519. The molecule has 3 aromatic rings. The van der Waals surface area contributed by atoms with Gasteiger partial charge in [-0.1, -0.05) is 51.1 Å². The molecule has 0 unspecified atom stereocenters. The number of nitrogens with zero attached hydrogens (tertiary/aromatic N) is 1. The van der Waals surface area contributed by atoms with Crippen LogP contribution in [0.2, 0.25) is 0 Å². The van der Waals surface area contributed by atoms with Crippen LogP contribution in [0.4, 0.5) is 0 Å². The maximum atomic E-state index is 12.5. The molecular weight excluding hydrogens is 400 g/mol.